The van der Waals surface area contributed by atoms with Crippen molar-refractivity contribution in [1.29, 1.82) is 5.26 Å². The molecule has 1 fully saturated rings. The van der Waals surface area contributed by atoms with E-state index in [0.29, 0.717) is 33.4 Å². The predicted molar refractivity (Wildman–Crippen MR) is 130 cm³/mol. The number of hydrogen-bond donors (Lipinski definition) is 1. The van der Waals surface area contributed by atoms with Crippen molar-refractivity contribution < 1.29 is 0 Å². The first-order chi connectivity index (χ1) is 17.0. The van der Waals surface area contributed by atoms with Crippen LogP contribution >= 0.6 is 11.6 Å². The van der Waals surface area contributed by atoms with Gasteiger partial charge in [-0.25, -0.2) is 14.8 Å². The van der Waals surface area contributed by atoms with Crippen molar-refractivity contribution in [3.63, 3.8) is 0 Å². The Hall–Kier alpha value is -4.29. The molecule has 0 bridgehead atoms. The van der Waals surface area contributed by atoms with E-state index in [1.807, 2.05) is 41.8 Å². The number of hydrogen-bond acceptors (Lipinski definition) is 6. The number of aryl methyl sites for hydroxylation is 1. The van der Waals surface area contributed by atoms with Gasteiger partial charge >= 0.3 is 5.69 Å². The molecule has 0 saturated heterocycles. The average Bonchev–Trinajstić information content (AvgIpc) is 3.39. The summed E-state index contributed by atoms with van der Waals surface area (Å²) in [5.74, 6) is 2.09. The number of H-pyrrole nitrogens is 1. The maximum absolute atomic E-state index is 12.7. The highest BCUT2D eigenvalue weighted by Crippen LogP contribution is 2.46. The Labute approximate surface area is 204 Å². The van der Waals surface area contributed by atoms with Crippen LogP contribution in [0.15, 0.2) is 59.5 Å². The molecule has 1 saturated carbocycles. The number of benzene rings is 2. The van der Waals surface area contributed by atoms with Crippen LogP contribution in [-0.2, 0) is 0 Å². The molecule has 3 heterocycles. The van der Waals surface area contributed by atoms with E-state index in [2.05, 4.69) is 31.2 Å². The number of para-hydroxylation sites is 1. The van der Waals surface area contributed by atoms with E-state index in [4.69, 9.17) is 16.9 Å². The van der Waals surface area contributed by atoms with Gasteiger partial charge in [-0.3, -0.25) is 9.13 Å². The Morgan fingerprint density at radius 2 is 1.97 bits per heavy atom. The van der Waals surface area contributed by atoms with Crippen LogP contribution in [0.1, 0.15) is 42.0 Å². The summed E-state index contributed by atoms with van der Waals surface area (Å²) in [6.45, 7) is 1.83. The lowest BCUT2D eigenvalue weighted by Crippen LogP contribution is -2.32. The molecular formula is C25H19ClN8O. The fourth-order valence-electron chi connectivity index (χ4n) is 4.75. The predicted octanol–water partition coefficient (Wildman–Crippen LogP) is 4.32. The zero-order valence-corrected chi connectivity index (χ0v) is 19.4. The van der Waals surface area contributed by atoms with E-state index in [-0.39, 0.29) is 17.6 Å². The molecule has 0 amide bonds. The Bertz CT molecular complexity index is 1690. The molecule has 0 unspecified atom stereocenters. The van der Waals surface area contributed by atoms with Gasteiger partial charge in [-0.1, -0.05) is 23.7 Å². The van der Waals surface area contributed by atoms with Crippen LogP contribution in [0.2, 0.25) is 5.02 Å². The maximum Gasteiger partial charge on any atom is 0.326 e. The topological polar surface area (TPSA) is 118 Å². The van der Waals surface area contributed by atoms with Crippen molar-refractivity contribution in [3.8, 4) is 23.3 Å². The summed E-state index contributed by atoms with van der Waals surface area (Å²) in [4.78, 5) is 24.3. The third-order valence-electron chi connectivity index (χ3n) is 6.48. The Kier molecular flexibility index (Phi) is 4.97. The second kappa shape index (κ2) is 8.18. The molecule has 3 aromatic heterocycles. The molecule has 1 aliphatic rings. The van der Waals surface area contributed by atoms with E-state index in [1.165, 1.54) is 0 Å². The minimum Gasteiger partial charge on any atom is -0.305 e. The van der Waals surface area contributed by atoms with Crippen molar-refractivity contribution in [2.75, 3.05) is 0 Å². The van der Waals surface area contributed by atoms with Gasteiger partial charge in [-0.15, -0.1) is 10.2 Å². The summed E-state index contributed by atoms with van der Waals surface area (Å²) >= 11 is 6.58. The number of aromatic amines is 1. The van der Waals surface area contributed by atoms with Crippen molar-refractivity contribution in [1.82, 2.24) is 34.3 Å². The molecule has 5 aromatic rings. The second-order valence-corrected chi connectivity index (χ2v) is 9.03. The van der Waals surface area contributed by atoms with Gasteiger partial charge in [0.1, 0.15) is 17.3 Å². The largest absolute Gasteiger partial charge is 0.326 e. The van der Waals surface area contributed by atoms with Crippen molar-refractivity contribution in [2.24, 2.45) is 0 Å². The number of rotatable bonds is 4. The van der Waals surface area contributed by atoms with Gasteiger partial charge in [0.15, 0.2) is 5.82 Å². The summed E-state index contributed by atoms with van der Waals surface area (Å²) in [7, 11) is 0. The molecule has 1 aliphatic carbocycles. The smallest absolute Gasteiger partial charge is 0.305 e. The average molecular weight is 483 g/mol. The fourth-order valence-corrected chi connectivity index (χ4v) is 4.97. The number of aromatic nitrogens is 7. The highest BCUT2D eigenvalue weighted by Gasteiger charge is 2.38. The molecule has 0 atom stereocenters. The maximum atomic E-state index is 12.7. The monoisotopic (exact) mass is 482 g/mol. The van der Waals surface area contributed by atoms with Crippen LogP contribution in [0.5, 0.6) is 0 Å². The number of fused-ring (bicyclic) bond motifs is 1. The van der Waals surface area contributed by atoms with Gasteiger partial charge in [0, 0.05) is 18.2 Å². The first kappa shape index (κ1) is 21.3. The fraction of sp³-hybridized carbons (Fsp3) is 0.200. The van der Waals surface area contributed by atoms with Crippen LogP contribution in [0.25, 0.3) is 28.2 Å². The minimum atomic E-state index is -0.178. The van der Waals surface area contributed by atoms with E-state index in [9.17, 15) is 4.79 Å². The number of nitrogens with zero attached hydrogens (tertiary/aromatic N) is 7. The first-order valence-corrected chi connectivity index (χ1v) is 11.6. The second-order valence-electron chi connectivity index (χ2n) is 8.62. The number of nitriles is 1. The van der Waals surface area contributed by atoms with Crippen molar-refractivity contribution in [2.45, 2.75) is 31.7 Å². The van der Waals surface area contributed by atoms with Gasteiger partial charge in [-0.2, -0.15) is 5.26 Å². The SMILES string of the molecule is Cc1nccc(-c2nnc(C3CC(n4c(=O)[nH]c5cc(C#N)ccc54)C3)n2-c2ccccc2Cl)n1. The Morgan fingerprint density at radius 3 is 2.74 bits per heavy atom. The van der Waals surface area contributed by atoms with E-state index < -0.39 is 0 Å². The number of imidazole rings is 1. The molecule has 0 spiro atoms. The van der Waals surface area contributed by atoms with Gasteiger partial charge in [0.25, 0.3) is 0 Å². The number of nitrogens with one attached hydrogen (secondary N) is 1. The van der Waals surface area contributed by atoms with E-state index >= 15 is 0 Å². The van der Waals surface area contributed by atoms with Gasteiger partial charge in [0.2, 0.25) is 0 Å². The molecule has 9 nitrogen and oxygen atoms in total. The molecule has 0 aliphatic heterocycles. The molecule has 10 heteroatoms. The first-order valence-electron chi connectivity index (χ1n) is 11.2. The third kappa shape index (κ3) is 3.50. The standard InChI is InChI=1S/C25H19ClN8O/c1-14-28-9-8-19(29-14)24-32-31-23(34(24)21-5-3-2-4-18(21)26)16-11-17(12-16)33-22-7-6-15(13-27)10-20(22)30-25(33)35/h2-10,16-17H,11-12H2,1H3,(H,30,35). The highest BCUT2D eigenvalue weighted by molar-refractivity contribution is 6.32. The summed E-state index contributed by atoms with van der Waals surface area (Å²) < 4.78 is 3.74. The zero-order valence-electron chi connectivity index (χ0n) is 18.7. The summed E-state index contributed by atoms with van der Waals surface area (Å²) in [5, 5.41) is 18.8. The third-order valence-corrected chi connectivity index (χ3v) is 6.80. The molecular weight excluding hydrogens is 464 g/mol. The lowest BCUT2D eigenvalue weighted by Gasteiger charge is -2.35. The molecule has 2 aromatic carbocycles. The quantitative estimate of drug-likeness (QED) is 0.407. The van der Waals surface area contributed by atoms with Crippen LogP contribution in [0, 0.1) is 18.3 Å². The van der Waals surface area contributed by atoms with Gasteiger partial charge < -0.3 is 4.98 Å². The minimum absolute atomic E-state index is 0.00956. The van der Waals surface area contributed by atoms with Crippen LogP contribution in [-0.4, -0.2) is 34.3 Å². The zero-order chi connectivity index (χ0) is 24.1. The van der Waals surface area contributed by atoms with Crippen molar-refractivity contribution in [3.05, 3.63) is 87.4 Å². The van der Waals surface area contributed by atoms with Crippen LogP contribution < -0.4 is 5.69 Å². The van der Waals surface area contributed by atoms with Crippen LogP contribution in [0.3, 0.4) is 0 Å². The van der Waals surface area contributed by atoms with Gasteiger partial charge in [-0.05, 0) is 56.2 Å². The van der Waals surface area contributed by atoms with E-state index in [0.717, 1.165) is 29.9 Å². The molecule has 1 N–H and O–H groups in total. The molecule has 6 rings (SSSR count). The highest BCUT2D eigenvalue weighted by atomic mass is 35.5. The van der Waals surface area contributed by atoms with E-state index in [1.54, 1.807) is 29.0 Å². The number of halogens is 1. The molecule has 172 valence electrons. The Balaban J connectivity index is 1.39. The summed E-state index contributed by atoms with van der Waals surface area (Å²) in [6.07, 6.45) is 3.14. The summed E-state index contributed by atoms with van der Waals surface area (Å²) in [6, 6.07) is 16.7. The Morgan fingerprint density at radius 1 is 1.14 bits per heavy atom. The van der Waals surface area contributed by atoms with Gasteiger partial charge in [0.05, 0.1) is 33.4 Å². The lowest BCUT2D eigenvalue weighted by molar-refractivity contribution is 0.254. The normalized spacial score (nSPS) is 17.3. The summed E-state index contributed by atoms with van der Waals surface area (Å²) in [5.41, 5.74) is 3.23. The van der Waals surface area contributed by atoms with Crippen LogP contribution in [0.4, 0.5) is 0 Å². The molecule has 35 heavy (non-hydrogen) atoms. The van der Waals surface area contributed by atoms with Crippen molar-refractivity contribution >= 4 is 22.6 Å². The lowest BCUT2D eigenvalue weighted by atomic mass is 9.79. The molecule has 0 radical (unpaired) electrons.